The van der Waals surface area contributed by atoms with Crippen molar-refractivity contribution in [3.8, 4) is 0 Å². The number of rotatable bonds is 15. The van der Waals surface area contributed by atoms with Gasteiger partial charge in [-0.2, -0.15) is 0 Å². The number of aliphatic hydroxyl groups is 8. The number of phosphoric acid groups is 1. The number of imidazole rings is 1. The van der Waals surface area contributed by atoms with E-state index in [1.165, 1.54) is 24.9 Å². The molecule has 0 aromatic carbocycles. The van der Waals surface area contributed by atoms with E-state index in [0.717, 1.165) is 6.33 Å². The summed E-state index contributed by atoms with van der Waals surface area (Å²) in [5.74, 6) is -1.14. The number of aromatic nitrogens is 4. The summed E-state index contributed by atoms with van der Waals surface area (Å²) in [4.78, 5) is 43.1. The van der Waals surface area contributed by atoms with Gasteiger partial charge >= 0.3 is 7.82 Å². The van der Waals surface area contributed by atoms with Crippen molar-refractivity contribution >= 4 is 43.0 Å². The van der Waals surface area contributed by atoms with Crippen molar-refractivity contribution in [1.82, 2.24) is 24.8 Å². The Bertz CT molecular complexity index is 2000. The van der Waals surface area contributed by atoms with Gasteiger partial charge < -0.3 is 103 Å². The highest BCUT2D eigenvalue weighted by Crippen LogP contribution is 2.48. The molecule has 2 aromatic heterocycles. The predicted octanol–water partition coefficient (Wildman–Crippen LogP) is -8.98. The quantitative estimate of drug-likeness (QED) is 0.0341. The Morgan fingerprint density at radius 3 is 2.21 bits per heavy atom. The highest BCUT2D eigenvalue weighted by atomic mass is 31.2. The summed E-state index contributed by atoms with van der Waals surface area (Å²) in [7, 11) is -4.03. The van der Waals surface area contributed by atoms with Crippen LogP contribution in [0.4, 0.5) is 5.82 Å². The van der Waals surface area contributed by atoms with Gasteiger partial charge in [-0.3, -0.25) is 18.4 Å². The highest BCUT2D eigenvalue weighted by Gasteiger charge is 2.61. The first-order chi connectivity index (χ1) is 29.2. The lowest BCUT2D eigenvalue weighted by atomic mass is 9.81. The van der Waals surface area contributed by atoms with E-state index in [4.69, 9.17) is 61.4 Å². The second-order valence-electron chi connectivity index (χ2n) is 14.9. The molecule has 4 aliphatic rings. The van der Waals surface area contributed by atoms with Gasteiger partial charge in [-0.1, -0.05) is 0 Å². The third kappa shape index (κ3) is 9.06. The Labute approximate surface area is 349 Å². The fraction of sp³-hybridized carbons (Fsp3) is 0.742. The number of nitrogens with one attached hydrogen (secondary N) is 1. The molecule has 31 heteroatoms. The standard InChI is InChI=1S/C31H51N12O18P/c1-8-31(52,5-45)23(28(56-8)59-21-12(42-30(35)36)17(48)11(41-29(33)34)18(49)19(21)50)60-27-13(37-2)22(16(47)9(3-44)58-27)61-62(53,54)55-4-10-15(46)20(51)26(57-10)43-7-40-14-24(32)38-6-39-25(14)43/h5-13,15-23,26-28,37,44,46-52H,3-4H2,1-2H3,(H,53,54)(H2,32,38,39)(H4,33,34,41)(H4,35,36,42)/t8-,9-,10+,11+,12-,13-,15+,16-,17+,18-,19+,20+,21+,22-,23-,26+,27-,28-,31+/m0/s1. The maximum atomic E-state index is 13.5. The molecule has 1 unspecified atom stereocenters. The van der Waals surface area contributed by atoms with E-state index in [1.807, 2.05) is 0 Å². The Morgan fingerprint density at radius 2 is 1.58 bits per heavy atom. The van der Waals surface area contributed by atoms with E-state index in [1.54, 1.807) is 0 Å². The molecule has 3 saturated heterocycles. The SMILES string of the molecule is CN[C@@H]1[C@H](O[C@H]2[C@H](O[C@H]3[C@H](O)[C@@H](O)[C@H](N=C(N)N)[C@@H](O)[C@@H]3N=C(N)N)O[C@@H](C)[C@]2(O)C=O)O[C@@H](CO)[C@H](O)[C@H]1OP(=O)(O)OC[C@H]1O[C@@H](n2cnc3c(N)ncnc32)[C@H](O)[C@@H]1O. The molecule has 0 amide bonds. The fourth-order valence-electron chi connectivity index (χ4n) is 7.69. The molecular formula is C31H51N12O18P. The number of hydrogen-bond acceptors (Lipinski definition) is 24. The van der Waals surface area contributed by atoms with Crippen LogP contribution in [-0.4, -0.2) is 213 Å². The Morgan fingerprint density at radius 1 is 0.903 bits per heavy atom. The Kier molecular flexibility index (Phi) is 14.3. The number of phosphoric ester groups is 1. The average Bonchev–Trinajstić information content (AvgIpc) is 3.85. The molecule has 6 rings (SSSR count). The molecule has 1 aliphatic carbocycles. The summed E-state index contributed by atoms with van der Waals surface area (Å²) in [6, 6.07) is -4.71. The second kappa shape index (κ2) is 18.7. The van der Waals surface area contributed by atoms with Gasteiger partial charge in [-0.15, -0.1) is 0 Å². The van der Waals surface area contributed by atoms with E-state index in [2.05, 4.69) is 30.3 Å². The van der Waals surface area contributed by atoms with Gasteiger partial charge in [0.25, 0.3) is 0 Å². The van der Waals surface area contributed by atoms with Crippen molar-refractivity contribution in [3.63, 3.8) is 0 Å². The minimum atomic E-state index is -5.31. The van der Waals surface area contributed by atoms with E-state index in [0.29, 0.717) is 0 Å². The van der Waals surface area contributed by atoms with Crippen molar-refractivity contribution in [2.45, 2.75) is 123 Å². The van der Waals surface area contributed by atoms with Crippen LogP contribution in [0.5, 0.6) is 0 Å². The Balaban J connectivity index is 1.20. The van der Waals surface area contributed by atoms with Crippen LogP contribution >= 0.6 is 7.82 Å². The smallest absolute Gasteiger partial charge is 0.394 e. The maximum Gasteiger partial charge on any atom is 0.472 e. The summed E-state index contributed by atoms with van der Waals surface area (Å²) < 4.78 is 54.5. The number of aldehydes is 1. The van der Waals surface area contributed by atoms with Gasteiger partial charge in [0.1, 0.15) is 91.1 Å². The van der Waals surface area contributed by atoms with Crippen LogP contribution in [0.2, 0.25) is 0 Å². The van der Waals surface area contributed by atoms with Gasteiger partial charge in [-0.05, 0) is 14.0 Å². The normalized spacial score (nSPS) is 42.0. The van der Waals surface area contributed by atoms with Gasteiger partial charge in [0, 0.05) is 0 Å². The number of likely N-dealkylation sites (N-methyl/N-ethyl adjacent to an activating group) is 1. The first-order valence-corrected chi connectivity index (χ1v) is 20.3. The molecule has 0 spiro atoms. The number of ether oxygens (including phenoxy) is 5. The molecular weight excluding hydrogens is 859 g/mol. The van der Waals surface area contributed by atoms with E-state index in [-0.39, 0.29) is 23.3 Å². The van der Waals surface area contributed by atoms with Crippen molar-refractivity contribution < 1.29 is 87.8 Å². The average molecular weight is 911 g/mol. The first-order valence-electron chi connectivity index (χ1n) is 18.8. The molecule has 3 aliphatic heterocycles. The van der Waals surface area contributed by atoms with Crippen molar-refractivity contribution in [2.24, 2.45) is 32.9 Å². The molecule has 348 valence electrons. The highest BCUT2D eigenvalue weighted by molar-refractivity contribution is 7.47. The Hall–Kier alpha value is -3.89. The zero-order chi connectivity index (χ0) is 45.6. The summed E-state index contributed by atoms with van der Waals surface area (Å²) >= 11 is 0. The molecule has 0 bridgehead atoms. The number of nitrogens with zero attached hydrogens (tertiary/aromatic N) is 6. The lowest BCUT2D eigenvalue weighted by Crippen LogP contribution is -2.67. The van der Waals surface area contributed by atoms with Crippen molar-refractivity contribution in [2.75, 3.05) is 26.0 Å². The molecule has 62 heavy (non-hydrogen) atoms. The molecule has 30 nitrogen and oxygen atoms in total. The van der Waals surface area contributed by atoms with Crippen LogP contribution in [0.25, 0.3) is 11.2 Å². The van der Waals surface area contributed by atoms with Gasteiger partial charge in [-0.25, -0.2) is 29.5 Å². The largest absolute Gasteiger partial charge is 0.472 e. The first kappa shape index (κ1) is 47.6. The van der Waals surface area contributed by atoms with Crippen LogP contribution in [0.1, 0.15) is 13.2 Å². The molecule has 0 radical (unpaired) electrons. The number of guanidine groups is 2. The summed E-state index contributed by atoms with van der Waals surface area (Å²) in [6.07, 6.45) is -23.7. The molecule has 4 fully saturated rings. The zero-order valence-electron chi connectivity index (χ0n) is 32.8. The summed E-state index contributed by atoms with van der Waals surface area (Å²) in [6.45, 7) is -0.578. The summed E-state index contributed by atoms with van der Waals surface area (Å²) in [5.41, 5.74) is 25.6. The number of aliphatic hydroxyl groups excluding tert-OH is 7. The molecule has 5 heterocycles. The van der Waals surface area contributed by atoms with Gasteiger partial charge in [0.2, 0.25) is 0 Å². The maximum absolute atomic E-state index is 13.5. The zero-order valence-corrected chi connectivity index (χ0v) is 33.6. The predicted molar refractivity (Wildman–Crippen MR) is 203 cm³/mol. The van der Waals surface area contributed by atoms with E-state index in [9.17, 15) is 55.1 Å². The van der Waals surface area contributed by atoms with Gasteiger partial charge in [0.15, 0.2) is 54.1 Å². The number of aliphatic imine (C=N–C) groups is 2. The van der Waals surface area contributed by atoms with E-state index >= 15 is 0 Å². The number of hydrogen-bond donors (Lipinski definition) is 15. The second-order valence-corrected chi connectivity index (χ2v) is 16.3. The number of nitrogen functional groups attached to an aromatic ring is 1. The van der Waals surface area contributed by atoms with Crippen molar-refractivity contribution in [3.05, 3.63) is 12.7 Å². The number of carbonyl (C=O) groups is 1. The third-order valence-corrected chi connectivity index (χ3v) is 11.9. The van der Waals surface area contributed by atoms with Crippen LogP contribution in [0, 0.1) is 0 Å². The monoisotopic (exact) mass is 910 g/mol. The van der Waals surface area contributed by atoms with Crippen LogP contribution in [0.3, 0.4) is 0 Å². The van der Waals surface area contributed by atoms with Crippen LogP contribution < -0.4 is 34.0 Å². The van der Waals surface area contributed by atoms with Gasteiger partial charge in [0.05, 0.1) is 31.7 Å². The number of carbonyl (C=O) groups excluding carboxylic acids is 1. The number of anilines is 1. The van der Waals surface area contributed by atoms with Crippen LogP contribution in [0.15, 0.2) is 22.6 Å². The molecule has 2 aromatic rings. The summed E-state index contributed by atoms with van der Waals surface area (Å²) in [5, 5.41) is 90.3. The van der Waals surface area contributed by atoms with E-state index < -0.39 is 149 Å². The minimum absolute atomic E-state index is 0.0306. The molecule has 1 saturated carbocycles. The fourth-order valence-corrected chi connectivity index (χ4v) is 8.65. The lowest BCUT2D eigenvalue weighted by Gasteiger charge is -2.46. The van der Waals surface area contributed by atoms with Crippen molar-refractivity contribution in [1.29, 1.82) is 0 Å². The molecule has 20 atom stereocenters. The van der Waals surface area contributed by atoms with Crippen LogP contribution in [-0.2, 0) is 42.1 Å². The number of nitrogens with two attached hydrogens (primary N) is 5. The lowest BCUT2D eigenvalue weighted by molar-refractivity contribution is -0.313. The topological polar surface area (TPSA) is 491 Å². The third-order valence-electron chi connectivity index (χ3n) is 11.0. The number of fused-ring (bicyclic) bond motifs is 1. The minimum Gasteiger partial charge on any atom is -0.394 e. The molecule has 20 N–H and O–H groups in total.